The Hall–Kier alpha value is -2.33. The van der Waals surface area contributed by atoms with Gasteiger partial charge in [0.05, 0.1) is 0 Å². The number of aromatic nitrogens is 3. The molecule has 0 saturated heterocycles. The van der Waals surface area contributed by atoms with Crippen molar-refractivity contribution >= 4 is 0 Å². The van der Waals surface area contributed by atoms with Gasteiger partial charge >= 0.3 is 6.18 Å². The minimum absolute atomic E-state index is 0.129. The molecule has 0 aliphatic carbocycles. The zero-order valence-electron chi connectivity index (χ0n) is 10.4. The third-order valence-electron chi connectivity index (χ3n) is 2.59. The van der Waals surface area contributed by atoms with E-state index >= 15 is 0 Å². The van der Waals surface area contributed by atoms with Crippen LogP contribution >= 0.6 is 0 Å². The molecule has 2 heterocycles. The Morgan fingerprint density at radius 3 is 2.45 bits per heavy atom. The summed E-state index contributed by atoms with van der Waals surface area (Å²) >= 11 is 0. The highest BCUT2D eigenvalue weighted by molar-refractivity contribution is 5.34. The molecular weight excluding hydrogens is 271 g/mol. The molecule has 7 heteroatoms. The molecule has 0 aliphatic heterocycles. The molecule has 0 saturated carbocycles. The zero-order valence-corrected chi connectivity index (χ0v) is 10.4. The van der Waals surface area contributed by atoms with Crippen LogP contribution in [0.25, 0.3) is 0 Å². The Balaban J connectivity index is 2.51. The average Bonchev–Trinajstić information content (AvgIpc) is 2.82. The van der Waals surface area contributed by atoms with E-state index in [-0.39, 0.29) is 5.69 Å². The summed E-state index contributed by atoms with van der Waals surface area (Å²) in [4.78, 5) is 7.33. The fourth-order valence-electron chi connectivity index (χ4n) is 1.56. The van der Waals surface area contributed by atoms with Crippen molar-refractivity contribution in [3.05, 3.63) is 48.3 Å². The van der Waals surface area contributed by atoms with Crippen molar-refractivity contribution in [2.24, 2.45) is 7.05 Å². The van der Waals surface area contributed by atoms with Crippen LogP contribution < -0.4 is 0 Å². The lowest BCUT2D eigenvalue weighted by Gasteiger charge is -2.24. The molecular formula is C13H10F3N3O. The predicted molar refractivity (Wildman–Crippen MR) is 64.3 cm³/mol. The monoisotopic (exact) mass is 281 g/mol. The van der Waals surface area contributed by atoms with E-state index < -0.39 is 17.6 Å². The van der Waals surface area contributed by atoms with Crippen molar-refractivity contribution in [1.82, 2.24) is 14.5 Å². The summed E-state index contributed by atoms with van der Waals surface area (Å²) in [5.41, 5.74) is -3.22. The van der Waals surface area contributed by atoms with E-state index in [0.717, 1.165) is 10.8 Å². The number of alkyl halides is 3. The van der Waals surface area contributed by atoms with Gasteiger partial charge in [-0.15, -0.1) is 0 Å². The summed E-state index contributed by atoms with van der Waals surface area (Å²) in [5, 5.41) is 9.94. The fourth-order valence-corrected chi connectivity index (χ4v) is 1.56. The van der Waals surface area contributed by atoms with Crippen LogP contribution in [-0.4, -0.2) is 25.8 Å². The van der Waals surface area contributed by atoms with E-state index in [1.54, 1.807) is 12.1 Å². The zero-order chi connectivity index (χ0) is 14.8. The lowest BCUT2D eigenvalue weighted by molar-refractivity contribution is -0.244. The largest absolute Gasteiger partial charge is 0.436 e. The summed E-state index contributed by atoms with van der Waals surface area (Å²) < 4.78 is 40.4. The Kier molecular flexibility index (Phi) is 3.51. The highest BCUT2D eigenvalue weighted by atomic mass is 19.4. The summed E-state index contributed by atoms with van der Waals surface area (Å²) in [6, 6.07) is 4.65. The first-order valence-corrected chi connectivity index (χ1v) is 5.56. The molecule has 104 valence electrons. The Labute approximate surface area is 112 Å². The molecule has 1 unspecified atom stereocenters. The molecule has 0 amide bonds. The van der Waals surface area contributed by atoms with Crippen molar-refractivity contribution in [3.63, 3.8) is 0 Å². The number of pyridine rings is 1. The number of aryl methyl sites for hydroxylation is 1. The van der Waals surface area contributed by atoms with Crippen LogP contribution in [0.3, 0.4) is 0 Å². The lowest BCUT2D eigenvalue weighted by Crippen LogP contribution is -2.43. The summed E-state index contributed by atoms with van der Waals surface area (Å²) in [7, 11) is 1.35. The molecule has 0 aromatic carbocycles. The van der Waals surface area contributed by atoms with Crippen molar-refractivity contribution in [3.8, 4) is 11.8 Å². The van der Waals surface area contributed by atoms with Gasteiger partial charge < -0.3 is 9.67 Å². The van der Waals surface area contributed by atoms with Crippen molar-refractivity contribution < 1.29 is 18.3 Å². The van der Waals surface area contributed by atoms with Gasteiger partial charge in [-0.25, -0.2) is 9.97 Å². The standard InChI is InChI=1S/C13H10F3N3O/c1-19-9-8-18-11(19)12(20,13(14,15)16)6-5-10-4-2-3-7-17-10/h2-4,7-9,20H,1H3. The van der Waals surface area contributed by atoms with E-state index in [4.69, 9.17) is 0 Å². The van der Waals surface area contributed by atoms with Crippen LogP contribution in [0.1, 0.15) is 11.5 Å². The first-order chi connectivity index (χ1) is 9.34. The predicted octanol–water partition coefficient (Wildman–Crippen LogP) is 1.62. The Morgan fingerprint density at radius 2 is 1.95 bits per heavy atom. The van der Waals surface area contributed by atoms with Crippen molar-refractivity contribution in [1.29, 1.82) is 0 Å². The fraction of sp³-hybridized carbons (Fsp3) is 0.231. The molecule has 1 N–H and O–H groups in total. The third-order valence-corrected chi connectivity index (χ3v) is 2.59. The minimum atomic E-state index is -4.98. The summed E-state index contributed by atoms with van der Waals surface area (Å²) in [5.74, 6) is 3.46. The topological polar surface area (TPSA) is 50.9 Å². The summed E-state index contributed by atoms with van der Waals surface area (Å²) in [6.45, 7) is 0. The van der Waals surface area contributed by atoms with Gasteiger partial charge in [-0.2, -0.15) is 13.2 Å². The van der Waals surface area contributed by atoms with E-state index in [2.05, 4.69) is 15.9 Å². The lowest BCUT2D eigenvalue weighted by atomic mass is 10.0. The molecule has 0 fully saturated rings. The maximum absolute atomic E-state index is 13.1. The molecule has 2 rings (SSSR count). The van der Waals surface area contributed by atoms with Crippen LogP contribution in [0.5, 0.6) is 0 Å². The molecule has 2 aromatic rings. The van der Waals surface area contributed by atoms with E-state index in [9.17, 15) is 18.3 Å². The molecule has 4 nitrogen and oxygen atoms in total. The number of hydrogen-bond donors (Lipinski definition) is 1. The molecule has 1 atom stereocenters. The maximum atomic E-state index is 13.1. The van der Waals surface area contributed by atoms with Gasteiger partial charge in [0.2, 0.25) is 0 Å². The second-order valence-electron chi connectivity index (χ2n) is 4.03. The van der Waals surface area contributed by atoms with E-state index in [1.807, 2.05) is 5.92 Å². The maximum Gasteiger partial charge on any atom is 0.436 e. The second-order valence-corrected chi connectivity index (χ2v) is 4.03. The van der Waals surface area contributed by atoms with Gasteiger partial charge in [-0.1, -0.05) is 6.07 Å². The number of halogens is 3. The smallest absolute Gasteiger partial charge is 0.364 e. The highest BCUT2D eigenvalue weighted by Gasteiger charge is 2.57. The van der Waals surface area contributed by atoms with Crippen LogP contribution in [-0.2, 0) is 12.6 Å². The van der Waals surface area contributed by atoms with Gasteiger partial charge in [-0.05, 0) is 24.0 Å². The first-order valence-electron chi connectivity index (χ1n) is 5.56. The van der Waals surface area contributed by atoms with E-state index in [1.165, 1.54) is 25.5 Å². The Bertz CT molecular complexity index is 655. The van der Waals surface area contributed by atoms with Crippen LogP contribution in [0, 0.1) is 11.8 Å². The minimum Gasteiger partial charge on any atom is -0.364 e. The van der Waals surface area contributed by atoms with Crippen molar-refractivity contribution in [2.75, 3.05) is 0 Å². The molecule has 0 spiro atoms. The Morgan fingerprint density at radius 1 is 1.20 bits per heavy atom. The van der Waals surface area contributed by atoms with E-state index in [0.29, 0.717) is 0 Å². The molecule has 0 bridgehead atoms. The normalized spacial score (nSPS) is 14.2. The van der Waals surface area contributed by atoms with Gasteiger partial charge in [0.25, 0.3) is 5.60 Å². The summed E-state index contributed by atoms with van der Waals surface area (Å²) in [6.07, 6.45) is -1.12. The van der Waals surface area contributed by atoms with Gasteiger partial charge in [0.1, 0.15) is 5.69 Å². The molecule has 0 aliphatic rings. The number of imidazole rings is 1. The number of hydrogen-bond acceptors (Lipinski definition) is 3. The third kappa shape index (κ3) is 2.51. The van der Waals surface area contributed by atoms with Gasteiger partial charge in [0, 0.05) is 25.6 Å². The van der Waals surface area contributed by atoms with Crippen LogP contribution in [0.2, 0.25) is 0 Å². The number of aliphatic hydroxyl groups is 1. The van der Waals surface area contributed by atoms with Crippen LogP contribution in [0.4, 0.5) is 13.2 Å². The molecule has 2 aromatic heterocycles. The molecule has 20 heavy (non-hydrogen) atoms. The SMILES string of the molecule is Cn1ccnc1C(O)(C#Cc1ccccn1)C(F)(F)F. The van der Waals surface area contributed by atoms with Crippen LogP contribution in [0.15, 0.2) is 36.8 Å². The average molecular weight is 281 g/mol. The molecule has 0 radical (unpaired) electrons. The van der Waals surface area contributed by atoms with Crippen molar-refractivity contribution in [2.45, 2.75) is 11.8 Å². The second kappa shape index (κ2) is 4.98. The number of nitrogens with zero attached hydrogens (tertiary/aromatic N) is 3. The quantitative estimate of drug-likeness (QED) is 0.808. The number of rotatable bonds is 1. The highest BCUT2D eigenvalue weighted by Crippen LogP contribution is 2.37. The van der Waals surface area contributed by atoms with Gasteiger partial charge in [-0.3, -0.25) is 0 Å². The first kappa shape index (κ1) is 14.1. The van der Waals surface area contributed by atoms with Gasteiger partial charge in [0.15, 0.2) is 5.82 Å².